The Balaban J connectivity index is 1.53. The largest absolute Gasteiger partial charge is 0.326 e. The predicted molar refractivity (Wildman–Crippen MR) is 104 cm³/mol. The highest BCUT2D eigenvalue weighted by molar-refractivity contribution is 8.00. The average molecular weight is 395 g/mol. The number of thioether (sulfide) groups is 1. The van der Waals surface area contributed by atoms with Gasteiger partial charge in [-0.15, -0.1) is 11.8 Å². The normalized spacial score (nSPS) is 13.4. The molecule has 0 radical (unpaired) electrons. The van der Waals surface area contributed by atoms with E-state index in [4.69, 9.17) is 23.2 Å². The summed E-state index contributed by atoms with van der Waals surface area (Å²) in [7, 11) is 0. The van der Waals surface area contributed by atoms with Crippen molar-refractivity contribution in [2.75, 3.05) is 16.4 Å². The van der Waals surface area contributed by atoms with Gasteiger partial charge in [-0.3, -0.25) is 9.59 Å². The molecule has 0 bridgehead atoms. The minimum Gasteiger partial charge on any atom is -0.326 e. The van der Waals surface area contributed by atoms with Crippen LogP contribution in [0.15, 0.2) is 47.4 Å². The number of rotatable bonds is 6. The summed E-state index contributed by atoms with van der Waals surface area (Å²) in [6.07, 6.45) is 1.93. The van der Waals surface area contributed by atoms with Gasteiger partial charge >= 0.3 is 0 Å². The van der Waals surface area contributed by atoms with Gasteiger partial charge in [0.15, 0.2) is 0 Å². The molecule has 2 aromatic carbocycles. The van der Waals surface area contributed by atoms with Crippen LogP contribution in [0.1, 0.15) is 12.8 Å². The molecule has 25 heavy (non-hydrogen) atoms. The fourth-order valence-electron chi connectivity index (χ4n) is 2.23. The van der Waals surface area contributed by atoms with Gasteiger partial charge in [-0.05, 0) is 49.2 Å². The Morgan fingerprint density at radius 3 is 2.40 bits per heavy atom. The third-order valence-electron chi connectivity index (χ3n) is 3.57. The molecule has 0 heterocycles. The van der Waals surface area contributed by atoms with Crippen molar-refractivity contribution in [1.82, 2.24) is 0 Å². The van der Waals surface area contributed by atoms with E-state index in [0.29, 0.717) is 15.7 Å². The summed E-state index contributed by atoms with van der Waals surface area (Å²) in [6.45, 7) is 0. The second kappa shape index (κ2) is 8.13. The number of benzene rings is 2. The summed E-state index contributed by atoms with van der Waals surface area (Å²) in [5.41, 5.74) is 1.32. The molecule has 7 heteroatoms. The van der Waals surface area contributed by atoms with Crippen molar-refractivity contribution in [2.24, 2.45) is 5.92 Å². The van der Waals surface area contributed by atoms with Gasteiger partial charge in [-0.1, -0.05) is 29.3 Å². The van der Waals surface area contributed by atoms with E-state index >= 15 is 0 Å². The predicted octanol–water partition coefficient (Wildman–Crippen LogP) is 5.07. The number of halogens is 2. The Bertz CT molecular complexity index is 789. The number of carbonyl (C=O) groups is 2. The molecule has 0 unspecified atom stereocenters. The van der Waals surface area contributed by atoms with Crippen LogP contribution in [0.2, 0.25) is 10.0 Å². The average Bonchev–Trinajstić information content (AvgIpc) is 3.37. The summed E-state index contributed by atoms with van der Waals surface area (Å²) in [6, 6.07) is 12.4. The van der Waals surface area contributed by atoms with Crippen LogP contribution in [-0.2, 0) is 9.59 Å². The van der Waals surface area contributed by atoms with Crippen molar-refractivity contribution in [1.29, 1.82) is 0 Å². The molecule has 0 spiro atoms. The van der Waals surface area contributed by atoms with E-state index in [2.05, 4.69) is 10.6 Å². The van der Waals surface area contributed by atoms with Gasteiger partial charge in [-0.2, -0.15) is 0 Å². The van der Waals surface area contributed by atoms with E-state index in [1.807, 2.05) is 24.3 Å². The minimum absolute atomic E-state index is 0.0673. The molecule has 130 valence electrons. The van der Waals surface area contributed by atoms with Gasteiger partial charge in [0.25, 0.3) is 0 Å². The first kappa shape index (κ1) is 18.1. The lowest BCUT2D eigenvalue weighted by atomic mass is 10.3. The number of amides is 2. The molecule has 2 amide bonds. The molecular formula is C18H16Cl2N2O2S. The Hall–Kier alpha value is -1.69. The van der Waals surface area contributed by atoms with E-state index in [0.717, 1.165) is 23.4 Å². The SMILES string of the molecule is O=C(CSc1cccc(NC(=O)C2CC2)c1)Nc1cc(Cl)cc(Cl)c1. The van der Waals surface area contributed by atoms with Crippen molar-refractivity contribution in [3.63, 3.8) is 0 Å². The third kappa shape index (κ3) is 5.66. The lowest BCUT2D eigenvalue weighted by Gasteiger charge is -2.08. The van der Waals surface area contributed by atoms with Crippen LogP contribution in [0.3, 0.4) is 0 Å². The molecule has 0 aliphatic heterocycles. The quantitative estimate of drug-likeness (QED) is 0.672. The molecule has 1 aliphatic rings. The van der Waals surface area contributed by atoms with Gasteiger partial charge in [0, 0.05) is 32.2 Å². The molecule has 0 saturated heterocycles. The maximum atomic E-state index is 12.1. The van der Waals surface area contributed by atoms with Crippen molar-refractivity contribution < 1.29 is 9.59 Å². The minimum atomic E-state index is -0.157. The van der Waals surface area contributed by atoms with E-state index in [1.54, 1.807) is 18.2 Å². The number of hydrogen-bond acceptors (Lipinski definition) is 3. The van der Waals surface area contributed by atoms with E-state index < -0.39 is 0 Å². The highest BCUT2D eigenvalue weighted by atomic mass is 35.5. The highest BCUT2D eigenvalue weighted by Crippen LogP contribution is 2.31. The number of carbonyl (C=O) groups excluding carboxylic acids is 2. The van der Waals surface area contributed by atoms with Gasteiger partial charge < -0.3 is 10.6 Å². The van der Waals surface area contributed by atoms with Crippen LogP contribution < -0.4 is 10.6 Å². The Morgan fingerprint density at radius 2 is 1.72 bits per heavy atom. The molecule has 4 nitrogen and oxygen atoms in total. The van der Waals surface area contributed by atoms with Gasteiger partial charge in [-0.25, -0.2) is 0 Å². The number of hydrogen-bond donors (Lipinski definition) is 2. The molecule has 3 rings (SSSR count). The molecule has 0 atom stereocenters. The molecule has 1 saturated carbocycles. The fourth-order valence-corrected chi connectivity index (χ4v) is 3.51. The van der Waals surface area contributed by atoms with Crippen molar-refractivity contribution in [3.05, 3.63) is 52.5 Å². The van der Waals surface area contributed by atoms with Crippen LogP contribution in [-0.4, -0.2) is 17.6 Å². The standard InChI is InChI=1S/C18H16Cl2N2O2S/c19-12-6-13(20)8-15(7-12)21-17(23)10-25-16-3-1-2-14(9-16)22-18(24)11-4-5-11/h1-3,6-9,11H,4-5,10H2,(H,21,23)(H,22,24). The van der Waals surface area contributed by atoms with Crippen LogP contribution in [0.5, 0.6) is 0 Å². The Kier molecular flexibility index (Phi) is 5.89. The van der Waals surface area contributed by atoms with Crippen molar-refractivity contribution >= 4 is 58.2 Å². The molecule has 2 aromatic rings. The van der Waals surface area contributed by atoms with E-state index in [9.17, 15) is 9.59 Å². The zero-order valence-corrected chi connectivity index (χ0v) is 15.5. The van der Waals surface area contributed by atoms with Crippen LogP contribution >= 0.6 is 35.0 Å². The maximum absolute atomic E-state index is 12.1. The second-order valence-electron chi connectivity index (χ2n) is 5.79. The summed E-state index contributed by atoms with van der Waals surface area (Å²) in [5.74, 6) is 0.310. The zero-order valence-electron chi connectivity index (χ0n) is 13.2. The first-order valence-electron chi connectivity index (χ1n) is 7.79. The summed E-state index contributed by atoms with van der Waals surface area (Å²) < 4.78 is 0. The summed E-state index contributed by atoms with van der Waals surface area (Å²) >= 11 is 13.2. The molecule has 0 aromatic heterocycles. The lowest BCUT2D eigenvalue weighted by Crippen LogP contribution is -2.14. The molecular weight excluding hydrogens is 379 g/mol. The smallest absolute Gasteiger partial charge is 0.234 e. The zero-order chi connectivity index (χ0) is 17.8. The van der Waals surface area contributed by atoms with E-state index in [-0.39, 0.29) is 23.5 Å². The fraction of sp³-hybridized carbons (Fsp3) is 0.222. The van der Waals surface area contributed by atoms with E-state index in [1.165, 1.54) is 11.8 Å². The first-order valence-corrected chi connectivity index (χ1v) is 9.53. The van der Waals surface area contributed by atoms with Gasteiger partial charge in [0.05, 0.1) is 5.75 Å². The number of nitrogens with one attached hydrogen (secondary N) is 2. The second-order valence-corrected chi connectivity index (χ2v) is 7.71. The highest BCUT2D eigenvalue weighted by Gasteiger charge is 2.29. The van der Waals surface area contributed by atoms with Gasteiger partial charge in [0.2, 0.25) is 11.8 Å². The van der Waals surface area contributed by atoms with Crippen LogP contribution in [0.25, 0.3) is 0 Å². The van der Waals surface area contributed by atoms with Crippen LogP contribution in [0, 0.1) is 5.92 Å². The third-order valence-corrected chi connectivity index (χ3v) is 5.00. The lowest BCUT2D eigenvalue weighted by molar-refractivity contribution is -0.117. The monoisotopic (exact) mass is 394 g/mol. The van der Waals surface area contributed by atoms with Crippen LogP contribution in [0.4, 0.5) is 11.4 Å². The molecule has 2 N–H and O–H groups in total. The Labute approximate surface area is 160 Å². The Morgan fingerprint density at radius 1 is 1.00 bits per heavy atom. The number of anilines is 2. The molecule has 1 aliphatic carbocycles. The van der Waals surface area contributed by atoms with Crippen molar-refractivity contribution in [2.45, 2.75) is 17.7 Å². The molecule has 1 fully saturated rings. The topological polar surface area (TPSA) is 58.2 Å². The maximum Gasteiger partial charge on any atom is 0.234 e. The summed E-state index contributed by atoms with van der Waals surface area (Å²) in [4.78, 5) is 24.8. The first-order chi connectivity index (χ1) is 12.0. The van der Waals surface area contributed by atoms with Gasteiger partial charge in [0.1, 0.15) is 0 Å². The van der Waals surface area contributed by atoms with Crippen molar-refractivity contribution in [3.8, 4) is 0 Å². The summed E-state index contributed by atoms with van der Waals surface area (Å²) in [5, 5.41) is 6.60.